The van der Waals surface area contributed by atoms with Crippen LogP contribution in [0.2, 0.25) is 0 Å². The van der Waals surface area contributed by atoms with Crippen LogP contribution in [0.15, 0.2) is 42.7 Å². The van der Waals surface area contributed by atoms with E-state index in [-0.39, 0.29) is 17.0 Å². The molecule has 1 heterocycles. The Morgan fingerprint density at radius 3 is 2.48 bits per heavy atom. The van der Waals surface area contributed by atoms with Gasteiger partial charge in [-0.05, 0) is 24.3 Å². The summed E-state index contributed by atoms with van der Waals surface area (Å²) >= 11 is 0. The number of nitrogens with zero attached hydrogens (tertiary/aromatic N) is 1. The number of benzene rings is 1. The smallest absolute Gasteiger partial charge is 0.506 e. The van der Waals surface area contributed by atoms with Crippen LogP contribution < -0.4 is 10.1 Å². The molecule has 1 aromatic heterocycles. The molecule has 1 amide bonds. The number of alkyl halides is 3. The van der Waals surface area contributed by atoms with Crippen LogP contribution in [0.1, 0.15) is 10.4 Å². The number of amides is 1. The molecule has 0 aliphatic heterocycles. The molecule has 2 rings (SSSR count). The molecule has 0 atom stereocenters. The zero-order valence-electron chi connectivity index (χ0n) is 10.4. The Bertz CT molecular complexity index is 645. The van der Waals surface area contributed by atoms with Gasteiger partial charge in [-0.15, -0.1) is 13.2 Å². The Morgan fingerprint density at radius 1 is 1.19 bits per heavy atom. The molecule has 2 N–H and O–H groups in total. The second kappa shape index (κ2) is 5.70. The van der Waals surface area contributed by atoms with Gasteiger partial charge in [0, 0.05) is 24.0 Å². The summed E-state index contributed by atoms with van der Waals surface area (Å²) in [5.41, 5.74) is 0.0464. The van der Waals surface area contributed by atoms with E-state index in [2.05, 4.69) is 15.0 Å². The maximum Gasteiger partial charge on any atom is 0.573 e. The van der Waals surface area contributed by atoms with Crippen molar-refractivity contribution < 1.29 is 27.8 Å². The normalized spacial score (nSPS) is 11.0. The van der Waals surface area contributed by atoms with Crippen molar-refractivity contribution in [3.05, 3.63) is 48.3 Å². The molecule has 0 spiro atoms. The van der Waals surface area contributed by atoms with Crippen molar-refractivity contribution >= 4 is 11.6 Å². The van der Waals surface area contributed by atoms with Gasteiger partial charge in [0.25, 0.3) is 5.91 Å². The van der Waals surface area contributed by atoms with E-state index >= 15 is 0 Å². The summed E-state index contributed by atoms with van der Waals surface area (Å²) in [6, 6.07) is 5.64. The maximum absolute atomic E-state index is 12.1. The van der Waals surface area contributed by atoms with Gasteiger partial charge < -0.3 is 15.2 Å². The fourth-order valence-corrected chi connectivity index (χ4v) is 1.51. The van der Waals surface area contributed by atoms with E-state index < -0.39 is 18.0 Å². The highest BCUT2D eigenvalue weighted by Crippen LogP contribution is 2.31. The summed E-state index contributed by atoms with van der Waals surface area (Å²) in [4.78, 5) is 15.6. The third-order valence-corrected chi connectivity index (χ3v) is 2.39. The van der Waals surface area contributed by atoms with Crippen molar-refractivity contribution in [1.29, 1.82) is 0 Å². The molecule has 2 aromatic rings. The molecule has 110 valence electrons. The van der Waals surface area contributed by atoms with E-state index in [1.165, 1.54) is 24.5 Å². The summed E-state index contributed by atoms with van der Waals surface area (Å²) < 4.78 is 40.1. The predicted molar refractivity (Wildman–Crippen MR) is 67.0 cm³/mol. The van der Waals surface area contributed by atoms with Crippen LogP contribution in [-0.4, -0.2) is 22.4 Å². The topological polar surface area (TPSA) is 71.5 Å². The van der Waals surface area contributed by atoms with Crippen molar-refractivity contribution in [2.75, 3.05) is 5.32 Å². The summed E-state index contributed by atoms with van der Waals surface area (Å²) in [7, 11) is 0. The van der Waals surface area contributed by atoms with Crippen LogP contribution in [0, 0.1) is 0 Å². The molecule has 0 radical (unpaired) electrons. The zero-order valence-corrected chi connectivity index (χ0v) is 10.4. The molecule has 5 nitrogen and oxygen atoms in total. The minimum atomic E-state index is -4.86. The zero-order chi connectivity index (χ0) is 15.5. The Balaban J connectivity index is 2.20. The minimum Gasteiger partial charge on any atom is -0.506 e. The molecule has 0 fully saturated rings. The molecule has 0 saturated heterocycles. The van der Waals surface area contributed by atoms with E-state index in [9.17, 15) is 23.1 Å². The number of carbonyl (C=O) groups excluding carboxylic acids is 1. The lowest BCUT2D eigenvalue weighted by molar-refractivity contribution is -0.274. The van der Waals surface area contributed by atoms with E-state index in [1.807, 2.05) is 0 Å². The van der Waals surface area contributed by atoms with Gasteiger partial charge in [0.15, 0.2) is 0 Å². The highest BCUT2D eigenvalue weighted by molar-refractivity contribution is 6.04. The molecule has 0 aliphatic carbocycles. The molecular weight excluding hydrogens is 289 g/mol. The Labute approximate surface area is 117 Å². The first-order valence-electron chi connectivity index (χ1n) is 5.65. The first-order valence-corrected chi connectivity index (χ1v) is 5.65. The van der Waals surface area contributed by atoms with Gasteiger partial charge in [-0.3, -0.25) is 9.78 Å². The highest BCUT2D eigenvalue weighted by Gasteiger charge is 2.31. The predicted octanol–water partition coefficient (Wildman–Crippen LogP) is 2.94. The number of halogens is 3. The number of hydrogen-bond donors (Lipinski definition) is 2. The van der Waals surface area contributed by atoms with Gasteiger partial charge in [0.2, 0.25) is 0 Å². The number of anilines is 1. The number of carbonyl (C=O) groups is 1. The fraction of sp³-hybridized carbons (Fsp3) is 0.0769. The first kappa shape index (κ1) is 14.6. The average Bonchev–Trinajstić information content (AvgIpc) is 2.42. The third-order valence-electron chi connectivity index (χ3n) is 2.39. The molecule has 21 heavy (non-hydrogen) atoms. The summed E-state index contributed by atoms with van der Waals surface area (Å²) in [5, 5.41) is 11.9. The standard InChI is InChI=1S/C13H9F3N2O3/c14-13(15,16)21-9-1-2-11(19)10(7-9)18-12(20)8-3-5-17-6-4-8/h1-7,19H,(H,18,20). The number of nitrogens with one attached hydrogen (secondary N) is 1. The number of phenols is 1. The lowest BCUT2D eigenvalue weighted by Gasteiger charge is -2.12. The first-order chi connectivity index (χ1) is 9.85. The van der Waals surface area contributed by atoms with Crippen molar-refractivity contribution in [3.63, 3.8) is 0 Å². The summed E-state index contributed by atoms with van der Waals surface area (Å²) in [6.07, 6.45) is -2.08. The maximum atomic E-state index is 12.1. The molecule has 0 unspecified atom stereocenters. The number of rotatable bonds is 3. The monoisotopic (exact) mass is 298 g/mol. The summed E-state index contributed by atoms with van der Waals surface area (Å²) in [5.74, 6) is -1.53. The molecule has 0 saturated carbocycles. The van der Waals surface area contributed by atoms with Gasteiger partial charge in [0.05, 0.1) is 5.69 Å². The van der Waals surface area contributed by atoms with Crippen molar-refractivity contribution in [2.24, 2.45) is 0 Å². The number of phenolic OH excluding ortho intramolecular Hbond substituents is 1. The second-order valence-electron chi connectivity index (χ2n) is 3.92. The number of hydrogen-bond acceptors (Lipinski definition) is 4. The summed E-state index contributed by atoms with van der Waals surface area (Å²) in [6.45, 7) is 0. The molecule has 0 bridgehead atoms. The Hall–Kier alpha value is -2.77. The van der Waals surface area contributed by atoms with Gasteiger partial charge in [-0.25, -0.2) is 0 Å². The Morgan fingerprint density at radius 2 is 1.86 bits per heavy atom. The number of aromatic hydroxyl groups is 1. The lowest BCUT2D eigenvalue weighted by Crippen LogP contribution is -2.17. The van der Waals surface area contributed by atoms with Crippen molar-refractivity contribution in [1.82, 2.24) is 4.98 Å². The van der Waals surface area contributed by atoms with Crippen LogP contribution in [0.5, 0.6) is 11.5 Å². The van der Waals surface area contributed by atoms with Gasteiger partial charge in [-0.1, -0.05) is 0 Å². The van der Waals surface area contributed by atoms with Gasteiger partial charge in [0.1, 0.15) is 11.5 Å². The number of pyridine rings is 1. The van der Waals surface area contributed by atoms with Crippen LogP contribution in [-0.2, 0) is 0 Å². The van der Waals surface area contributed by atoms with Crippen LogP contribution in [0.4, 0.5) is 18.9 Å². The number of ether oxygens (including phenoxy) is 1. The Kier molecular flexibility index (Phi) is 3.97. The van der Waals surface area contributed by atoms with Crippen molar-refractivity contribution in [3.8, 4) is 11.5 Å². The highest BCUT2D eigenvalue weighted by atomic mass is 19.4. The van der Waals surface area contributed by atoms with E-state index in [1.54, 1.807) is 0 Å². The molecule has 1 aromatic carbocycles. The van der Waals surface area contributed by atoms with Crippen LogP contribution >= 0.6 is 0 Å². The lowest BCUT2D eigenvalue weighted by atomic mass is 10.2. The fourth-order valence-electron chi connectivity index (χ4n) is 1.51. The molecule has 8 heteroatoms. The van der Waals surface area contributed by atoms with Crippen molar-refractivity contribution in [2.45, 2.75) is 6.36 Å². The quantitative estimate of drug-likeness (QED) is 0.855. The SMILES string of the molecule is O=C(Nc1cc(OC(F)(F)F)ccc1O)c1ccncc1. The number of aromatic nitrogens is 1. The third kappa shape index (κ3) is 4.10. The average molecular weight is 298 g/mol. The molecule has 0 aliphatic rings. The van der Waals surface area contributed by atoms with E-state index in [0.29, 0.717) is 0 Å². The van der Waals surface area contributed by atoms with Crippen LogP contribution in [0.25, 0.3) is 0 Å². The second-order valence-corrected chi connectivity index (χ2v) is 3.92. The van der Waals surface area contributed by atoms with Crippen LogP contribution in [0.3, 0.4) is 0 Å². The van der Waals surface area contributed by atoms with E-state index in [0.717, 1.165) is 18.2 Å². The van der Waals surface area contributed by atoms with Gasteiger partial charge >= 0.3 is 6.36 Å². The minimum absolute atomic E-state index is 0.196. The molecular formula is C13H9F3N2O3. The largest absolute Gasteiger partial charge is 0.573 e. The van der Waals surface area contributed by atoms with E-state index in [4.69, 9.17) is 0 Å². The van der Waals surface area contributed by atoms with Gasteiger partial charge in [-0.2, -0.15) is 0 Å².